The summed E-state index contributed by atoms with van der Waals surface area (Å²) in [6.07, 6.45) is 0. The van der Waals surface area contributed by atoms with Crippen LogP contribution in [0.5, 0.6) is 0 Å². The first-order chi connectivity index (χ1) is 8.43. The molecule has 0 aliphatic carbocycles. The number of aromatic carboxylic acids is 1. The number of rotatable bonds is 2. The summed E-state index contributed by atoms with van der Waals surface area (Å²) in [6.45, 7) is 8.02. The molecule has 2 rings (SSSR count). The summed E-state index contributed by atoms with van der Waals surface area (Å²) in [5, 5.41) is 9.14. The van der Waals surface area contributed by atoms with Crippen LogP contribution in [0.25, 0.3) is 11.3 Å². The van der Waals surface area contributed by atoms with Crippen LogP contribution in [0, 0.1) is 27.7 Å². The molecule has 18 heavy (non-hydrogen) atoms. The zero-order valence-electron chi connectivity index (χ0n) is 10.7. The van der Waals surface area contributed by atoms with E-state index in [0.29, 0.717) is 5.69 Å². The van der Waals surface area contributed by atoms with E-state index in [1.165, 1.54) is 0 Å². The lowest BCUT2D eigenvalue weighted by molar-refractivity contribution is 0.0692. The van der Waals surface area contributed by atoms with Crippen molar-refractivity contribution < 1.29 is 9.90 Å². The molecular weight excluding hydrogens is 248 g/mol. The summed E-state index contributed by atoms with van der Waals surface area (Å²) in [7, 11) is 0. The number of aryl methyl sites for hydroxylation is 2. The van der Waals surface area contributed by atoms with Crippen molar-refractivity contribution in [2.24, 2.45) is 0 Å². The average molecular weight is 262 g/mol. The van der Waals surface area contributed by atoms with Gasteiger partial charge in [0.15, 0.2) is 5.69 Å². The second-order valence-corrected chi connectivity index (χ2v) is 4.93. The predicted molar refractivity (Wildman–Crippen MR) is 71.3 cm³/mol. The van der Waals surface area contributed by atoms with E-state index in [4.69, 9.17) is 5.11 Å². The van der Waals surface area contributed by atoms with Crippen molar-refractivity contribution in [3.05, 3.63) is 34.0 Å². The minimum atomic E-state index is -1.03. The lowest BCUT2D eigenvalue weighted by Gasteiger charge is -2.13. The Morgan fingerprint density at radius 3 is 2.17 bits per heavy atom. The molecule has 0 radical (unpaired) electrons. The average Bonchev–Trinajstić information content (AvgIpc) is 2.76. The molecule has 1 N–H and O–H groups in total. The first kappa shape index (κ1) is 12.7. The Morgan fingerprint density at radius 1 is 1.11 bits per heavy atom. The molecule has 0 bridgehead atoms. The number of carboxylic acid groups (broad SMARTS) is 1. The predicted octanol–water partition coefficient (Wildman–Crippen LogP) is 3.14. The lowest BCUT2D eigenvalue weighted by atomic mass is 9.91. The lowest BCUT2D eigenvalue weighted by Crippen LogP contribution is -2.02. The van der Waals surface area contributed by atoms with E-state index < -0.39 is 5.97 Å². The minimum Gasteiger partial charge on any atom is -0.476 e. The maximum Gasteiger partial charge on any atom is 0.357 e. The minimum absolute atomic E-state index is 0.0381. The van der Waals surface area contributed by atoms with Crippen LogP contribution < -0.4 is 0 Å². The molecule has 0 saturated carbocycles. The largest absolute Gasteiger partial charge is 0.476 e. The van der Waals surface area contributed by atoms with Crippen molar-refractivity contribution in [3.63, 3.8) is 0 Å². The summed E-state index contributed by atoms with van der Waals surface area (Å²) >= 11 is 0.938. The van der Waals surface area contributed by atoms with Crippen LogP contribution in [0.4, 0.5) is 0 Å². The van der Waals surface area contributed by atoms with Crippen molar-refractivity contribution in [2.75, 3.05) is 0 Å². The Kier molecular flexibility index (Phi) is 3.17. The van der Waals surface area contributed by atoms with Crippen molar-refractivity contribution in [1.29, 1.82) is 0 Å². The van der Waals surface area contributed by atoms with Crippen LogP contribution in [0.15, 0.2) is 6.07 Å². The Labute approximate surface area is 110 Å². The van der Waals surface area contributed by atoms with Crippen LogP contribution in [0.1, 0.15) is 32.7 Å². The fraction of sp³-hybridized carbons (Fsp3) is 0.308. The van der Waals surface area contributed by atoms with Crippen LogP contribution in [-0.4, -0.2) is 19.8 Å². The summed E-state index contributed by atoms with van der Waals surface area (Å²) in [5.74, 6) is -1.03. The van der Waals surface area contributed by atoms with E-state index in [2.05, 4.69) is 14.8 Å². The number of carboxylic acids is 1. The van der Waals surface area contributed by atoms with Gasteiger partial charge in [-0.3, -0.25) is 0 Å². The van der Waals surface area contributed by atoms with Crippen LogP contribution >= 0.6 is 11.7 Å². The Balaban J connectivity index is 2.79. The summed E-state index contributed by atoms with van der Waals surface area (Å²) in [6, 6.07) is 2.11. The Morgan fingerprint density at radius 2 is 1.67 bits per heavy atom. The third-order valence-electron chi connectivity index (χ3n) is 3.29. The van der Waals surface area contributed by atoms with Crippen molar-refractivity contribution in [1.82, 2.24) is 8.75 Å². The van der Waals surface area contributed by atoms with Crippen LogP contribution in [0.3, 0.4) is 0 Å². The molecule has 94 valence electrons. The standard InChI is InChI=1S/C13H14N2O2S/c1-6-5-7(2)9(4)10(8(6)3)11-12(13(16)17)15-18-14-11/h5H,1-4H3,(H,16,17). The molecule has 0 aliphatic heterocycles. The number of carbonyl (C=O) groups is 1. The Bertz CT molecular complexity index is 606. The second-order valence-electron chi connectivity index (χ2n) is 4.40. The molecule has 2 aromatic rings. The van der Waals surface area contributed by atoms with Crippen molar-refractivity contribution >= 4 is 17.7 Å². The van der Waals surface area contributed by atoms with Gasteiger partial charge in [-0.15, -0.1) is 0 Å². The molecule has 1 heterocycles. The van der Waals surface area contributed by atoms with Gasteiger partial charge in [0.25, 0.3) is 0 Å². The van der Waals surface area contributed by atoms with Crippen molar-refractivity contribution in [2.45, 2.75) is 27.7 Å². The highest BCUT2D eigenvalue weighted by Gasteiger charge is 2.21. The maximum absolute atomic E-state index is 11.2. The Hall–Kier alpha value is -1.75. The molecule has 0 saturated heterocycles. The number of hydrogen-bond acceptors (Lipinski definition) is 4. The molecule has 0 spiro atoms. The van der Waals surface area contributed by atoms with E-state index >= 15 is 0 Å². The van der Waals surface area contributed by atoms with Crippen molar-refractivity contribution in [3.8, 4) is 11.3 Å². The topological polar surface area (TPSA) is 63.1 Å². The maximum atomic E-state index is 11.2. The highest BCUT2D eigenvalue weighted by atomic mass is 32.1. The molecule has 0 atom stereocenters. The van der Waals surface area contributed by atoms with Crippen LogP contribution in [0.2, 0.25) is 0 Å². The summed E-state index contributed by atoms with van der Waals surface area (Å²) < 4.78 is 8.03. The number of hydrogen-bond donors (Lipinski definition) is 1. The summed E-state index contributed by atoms with van der Waals surface area (Å²) in [5.41, 5.74) is 5.82. The van der Waals surface area contributed by atoms with Crippen LogP contribution in [-0.2, 0) is 0 Å². The normalized spacial score (nSPS) is 10.7. The second kappa shape index (κ2) is 4.49. The molecule has 0 fully saturated rings. The fourth-order valence-electron chi connectivity index (χ4n) is 2.06. The fourth-order valence-corrected chi connectivity index (χ4v) is 2.61. The monoisotopic (exact) mass is 262 g/mol. The zero-order valence-corrected chi connectivity index (χ0v) is 11.6. The van der Waals surface area contributed by atoms with Gasteiger partial charge in [0.2, 0.25) is 0 Å². The van der Waals surface area contributed by atoms with Gasteiger partial charge in [0.1, 0.15) is 5.69 Å². The molecule has 0 unspecified atom stereocenters. The SMILES string of the molecule is Cc1cc(C)c(C)c(-c2nsnc2C(=O)O)c1C. The zero-order chi connectivity index (χ0) is 13.4. The third-order valence-corrected chi connectivity index (χ3v) is 3.82. The summed E-state index contributed by atoms with van der Waals surface area (Å²) in [4.78, 5) is 11.2. The number of benzene rings is 1. The number of aromatic nitrogens is 2. The van der Waals surface area contributed by atoms with Gasteiger partial charge >= 0.3 is 5.97 Å². The first-order valence-corrected chi connectivity index (χ1v) is 6.30. The van der Waals surface area contributed by atoms with Gasteiger partial charge in [-0.1, -0.05) is 6.07 Å². The first-order valence-electron chi connectivity index (χ1n) is 5.57. The quantitative estimate of drug-likeness (QED) is 0.903. The molecule has 0 amide bonds. The van der Waals surface area contributed by atoms with Gasteiger partial charge < -0.3 is 5.11 Å². The van der Waals surface area contributed by atoms with E-state index in [1.54, 1.807) is 0 Å². The van der Waals surface area contributed by atoms with Gasteiger partial charge in [-0.2, -0.15) is 8.75 Å². The van der Waals surface area contributed by atoms with E-state index in [-0.39, 0.29) is 5.69 Å². The molecular formula is C13H14N2O2S. The van der Waals surface area contributed by atoms with E-state index in [1.807, 2.05) is 27.7 Å². The molecule has 1 aromatic heterocycles. The van der Waals surface area contributed by atoms with Gasteiger partial charge in [-0.05, 0) is 49.9 Å². The third kappa shape index (κ3) is 1.90. The van der Waals surface area contributed by atoms with Gasteiger partial charge in [0, 0.05) is 5.56 Å². The smallest absolute Gasteiger partial charge is 0.357 e. The highest BCUT2D eigenvalue weighted by molar-refractivity contribution is 6.99. The number of nitrogens with zero attached hydrogens (tertiary/aromatic N) is 2. The molecule has 0 aliphatic rings. The van der Waals surface area contributed by atoms with E-state index in [9.17, 15) is 4.79 Å². The molecule has 4 nitrogen and oxygen atoms in total. The highest BCUT2D eigenvalue weighted by Crippen LogP contribution is 2.32. The van der Waals surface area contributed by atoms with Gasteiger partial charge in [-0.25, -0.2) is 4.79 Å². The van der Waals surface area contributed by atoms with E-state index in [0.717, 1.165) is 39.5 Å². The molecule has 5 heteroatoms. The van der Waals surface area contributed by atoms with Gasteiger partial charge in [0.05, 0.1) is 11.7 Å². The molecule has 1 aromatic carbocycles.